The number of aliphatic carboxylic acids is 1. The van der Waals surface area contributed by atoms with Crippen molar-refractivity contribution >= 4 is 24.0 Å². The molecule has 1 aromatic heterocycles. The molecule has 0 aliphatic heterocycles. The summed E-state index contributed by atoms with van der Waals surface area (Å²) in [5, 5.41) is 16.7. The maximum atomic E-state index is 12.5. The van der Waals surface area contributed by atoms with Gasteiger partial charge in [0.25, 0.3) is 5.91 Å². The van der Waals surface area contributed by atoms with E-state index in [1.807, 2.05) is 13.8 Å². The molecule has 0 bridgehead atoms. The Morgan fingerprint density at radius 2 is 1.88 bits per heavy atom. The third kappa shape index (κ3) is 10.1. The van der Waals surface area contributed by atoms with E-state index in [1.165, 1.54) is 0 Å². The molecule has 0 saturated heterocycles. The van der Waals surface area contributed by atoms with Crippen LogP contribution in [-0.4, -0.2) is 52.3 Å². The van der Waals surface area contributed by atoms with Crippen LogP contribution in [0.1, 0.15) is 76.3 Å². The third-order valence-corrected chi connectivity index (χ3v) is 4.02. The second-order valence-corrected chi connectivity index (χ2v) is 8.70. The van der Waals surface area contributed by atoms with Gasteiger partial charge in [-0.2, -0.15) is 0 Å². The zero-order chi connectivity index (χ0) is 24.5. The summed E-state index contributed by atoms with van der Waals surface area (Å²) < 4.78 is 10.7. The van der Waals surface area contributed by atoms with Crippen LogP contribution in [0.25, 0.3) is 0 Å². The first-order valence-electron chi connectivity index (χ1n) is 10.3. The lowest BCUT2D eigenvalue weighted by molar-refractivity contribution is -0.139. The number of urea groups is 1. The Bertz CT molecular complexity index is 801. The van der Waals surface area contributed by atoms with Gasteiger partial charge in [0.2, 0.25) is 5.89 Å². The van der Waals surface area contributed by atoms with Gasteiger partial charge in [-0.25, -0.2) is 19.4 Å². The SMILES string of the molecule is CC(C)CC(NC(=O)OC(C)(C)C)c1nc(C(=O)N[C@@H](CCCNC(N)=O)C(=O)O)co1. The molecule has 1 heterocycles. The summed E-state index contributed by atoms with van der Waals surface area (Å²) >= 11 is 0. The number of carbonyl (C=O) groups excluding carboxylic acids is 3. The van der Waals surface area contributed by atoms with Crippen molar-refractivity contribution in [2.24, 2.45) is 11.7 Å². The minimum atomic E-state index is -1.23. The predicted molar refractivity (Wildman–Crippen MR) is 114 cm³/mol. The fourth-order valence-corrected chi connectivity index (χ4v) is 2.70. The number of hydrogen-bond donors (Lipinski definition) is 5. The highest BCUT2D eigenvalue weighted by molar-refractivity contribution is 5.94. The molecule has 4 amide bonds. The fourth-order valence-electron chi connectivity index (χ4n) is 2.70. The Morgan fingerprint density at radius 3 is 2.41 bits per heavy atom. The van der Waals surface area contributed by atoms with E-state index in [0.717, 1.165) is 6.26 Å². The quantitative estimate of drug-likeness (QED) is 0.313. The van der Waals surface area contributed by atoms with E-state index in [2.05, 4.69) is 20.9 Å². The number of ether oxygens (including phenoxy) is 1. The van der Waals surface area contributed by atoms with Crippen LogP contribution in [0, 0.1) is 5.92 Å². The summed E-state index contributed by atoms with van der Waals surface area (Å²) in [7, 11) is 0. The second kappa shape index (κ2) is 11.9. The van der Waals surface area contributed by atoms with E-state index in [-0.39, 0.29) is 30.5 Å². The molecular formula is C20H33N5O7. The maximum Gasteiger partial charge on any atom is 0.408 e. The van der Waals surface area contributed by atoms with Gasteiger partial charge in [-0.1, -0.05) is 13.8 Å². The highest BCUT2D eigenvalue weighted by Gasteiger charge is 2.27. The lowest BCUT2D eigenvalue weighted by Gasteiger charge is -2.23. The highest BCUT2D eigenvalue weighted by Crippen LogP contribution is 2.22. The number of carboxylic acids is 1. The average molecular weight is 456 g/mol. The maximum absolute atomic E-state index is 12.5. The number of nitrogens with one attached hydrogen (secondary N) is 3. The molecule has 0 fully saturated rings. The summed E-state index contributed by atoms with van der Waals surface area (Å²) in [6.07, 6.45) is 1.29. The smallest absolute Gasteiger partial charge is 0.408 e. The zero-order valence-electron chi connectivity index (χ0n) is 19.1. The van der Waals surface area contributed by atoms with Crippen LogP contribution < -0.4 is 21.7 Å². The van der Waals surface area contributed by atoms with Crippen molar-refractivity contribution < 1.29 is 33.4 Å². The highest BCUT2D eigenvalue weighted by atomic mass is 16.6. The van der Waals surface area contributed by atoms with E-state index in [0.29, 0.717) is 12.8 Å². The summed E-state index contributed by atoms with van der Waals surface area (Å²) in [5.74, 6) is -1.70. The Balaban J connectivity index is 2.83. The largest absolute Gasteiger partial charge is 0.480 e. The van der Waals surface area contributed by atoms with Gasteiger partial charge in [0.1, 0.15) is 23.9 Å². The number of carboxylic acid groups (broad SMARTS) is 1. The van der Waals surface area contributed by atoms with Crippen LogP contribution in [0.5, 0.6) is 0 Å². The molecule has 32 heavy (non-hydrogen) atoms. The first-order valence-corrected chi connectivity index (χ1v) is 10.3. The topological polar surface area (TPSA) is 186 Å². The number of alkyl carbamates (subject to hydrolysis) is 1. The first kappa shape index (κ1) is 26.7. The zero-order valence-corrected chi connectivity index (χ0v) is 19.1. The first-order chi connectivity index (χ1) is 14.8. The average Bonchev–Trinajstić information content (AvgIpc) is 3.11. The summed E-state index contributed by atoms with van der Waals surface area (Å²) in [5.41, 5.74) is 4.14. The van der Waals surface area contributed by atoms with Crippen LogP contribution >= 0.6 is 0 Å². The molecule has 0 spiro atoms. The lowest BCUT2D eigenvalue weighted by Crippen LogP contribution is -2.41. The summed E-state index contributed by atoms with van der Waals surface area (Å²) in [4.78, 5) is 50.9. The number of carbonyl (C=O) groups is 4. The Labute approximate surface area is 186 Å². The van der Waals surface area contributed by atoms with Crippen LogP contribution in [0.3, 0.4) is 0 Å². The molecule has 0 radical (unpaired) electrons. The number of primary amides is 1. The molecule has 1 aromatic rings. The molecule has 6 N–H and O–H groups in total. The molecule has 2 atom stereocenters. The molecular weight excluding hydrogens is 422 g/mol. The van der Waals surface area contributed by atoms with Crippen molar-refractivity contribution in [3.05, 3.63) is 17.8 Å². The molecule has 1 unspecified atom stereocenters. The van der Waals surface area contributed by atoms with Crippen LogP contribution in [0.2, 0.25) is 0 Å². The molecule has 1 rings (SSSR count). The molecule has 12 nitrogen and oxygen atoms in total. The molecule has 180 valence electrons. The molecule has 0 aromatic carbocycles. The van der Waals surface area contributed by atoms with E-state index in [4.69, 9.17) is 14.9 Å². The van der Waals surface area contributed by atoms with E-state index < -0.39 is 41.7 Å². The number of oxazole rings is 1. The van der Waals surface area contributed by atoms with E-state index in [9.17, 15) is 24.3 Å². The third-order valence-electron chi connectivity index (χ3n) is 4.02. The monoisotopic (exact) mass is 455 g/mol. The Hall–Kier alpha value is -3.31. The van der Waals surface area contributed by atoms with E-state index >= 15 is 0 Å². The van der Waals surface area contributed by atoms with Gasteiger partial charge >= 0.3 is 18.1 Å². The number of nitrogens with zero attached hydrogens (tertiary/aromatic N) is 1. The van der Waals surface area contributed by atoms with Gasteiger partial charge in [-0.3, -0.25) is 4.79 Å². The van der Waals surface area contributed by atoms with Crippen LogP contribution in [0.4, 0.5) is 9.59 Å². The van der Waals surface area contributed by atoms with Crippen molar-refractivity contribution in [1.82, 2.24) is 20.9 Å². The second-order valence-electron chi connectivity index (χ2n) is 8.70. The molecule has 0 aliphatic carbocycles. The number of amides is 4. The van der Waals surface area contributed by atoms with Crippen LogP contribution in [0.15, 0.2) is 10.7 Å². The normalized spacial score (nSPS) is 13.2. The minimum Gasteiger partial charge on any atom is -0.480 e. The van der Waals surface area contributed by atoms with Gasteiger partial charge in [0, 0.05) is 6.54 Å². The minimum absolute atomic E-state index is 0.0717. The van der Waals surface area contributed by atoms with Crippen molar-refractivity contribution in [2.45, 2.75) is 71.6 Å². The molecule has 12 heteroatoms. The van der Waals surface area contributed by atoms with Gasteiger partial charge in [0.05, 0.1) is 0 Å². The lowest BCUT2D eigenvalue weighted by atomic mass is 10.0. The van der Waals surface area contributed by atoms with Gasteiger partial charge < -0.3 is 35.9 Å². The predicted octanol–water partition coefficient (Wildman–Crippen LogP) is 1.92. The number of rotatable bonds is 11. The number of hydrogen-bond acceptors (Lipinski definition) is 7. The van der Waals surface area contributed by atoms with Crippen molar-refractivity contribution in [1.29, 1.82) is 0 Å². The molecule has 0 aliphatic rings. The summed E-state index contributed by atoms with van der Waals surface area (Å²) in [6, 6.07) is -2.54. The van der Waals surface area contributed by atoms with Gasteiger partial charge in [-0.15, -0.1) is 0 Å². The van der Waals surface area contributed by atoms with Crippen molar-refractivity contribution in [3.63, 3.8) is 0 Å². The number of nitrogens with two attached hydrogens (primary N) is 1. The van der Waals surface area contributed by atoms with Gasteiger partial charge in [0.15, 0.2) is 5.69 Å². The van der Waals surface area contributed by atoms with Crippen LogP contribution in [-0.2, 0) is 9.53 Å². The Morgan fingerprint density at radius 1 is 1.22 bits per heavy atom. The number of aromatic nitrogens is 1. The summed E-state index contributed by atoms with van der Waals surface area (Å²) in [6.45, 7) is 9.29. The van der Waals surface area contributed by atoms with Gasteiger partial charge in [-0.05, 0) is 46.0 Å². The Kier molecular flexibility index (Phi) is 9.95. The van der Waals surface area contributed by atoms with E-state index in [1.54, 1.807) is 20.8 Å². The van der Waals surface area contributed by atoms with Crippen molar-refractivity contribution in [2.75, 3.05) is 6.54 Å². The van der Waals surface area contributed by atoms with Crippen molar-refractivity contribution in [3.8, 4) is 0 Å². The molecule has 0 saturated carbocycles. The standard InChI is InChI=1S/C20H33N5O7/c1-11(2)9-13(25-19(30)32-20(3,4)5)16-24-14(10-31-16)15(26)23-12(17(27)28)7-6-8-22-18(21)29/h10-13H,6-9H2,1-5H3,(H,23,26)(H,25,30)(H,27,28)(H3,21,22,29)/t12-,13?/m0/s1. The fraction of sp³-hybridized carbons (Fsp3) is 0.650.